The van der Waals surface area contributed by atoms with Gasteiger partial charge in [-0.15, -0.1) is 0 Å². The van der Waals surface area contributed by atoms with Gasteiger partial charge in [0.25, 0.3) is 0 Å². The predicted molar refractivity (Wildman–Crippen MR) is 72.8 cm³/mol. The highest BCUT2D eigenvalue weighted by Gasteiger charge is 2.34. The van der Waals surface area contributed by atoms with Crippen molar-refractivity contribution in [2.75, 3.05) is 19.7 Å². The van der Waals surface area contributed by atoms with Crippen LogP contribution in [0, 0.1) is 0 Å². The first-order valence-corrected chi connectivity index (χ1v) is 6.82. The molecule has 1 unspecified atom stereocenters. The van der Waals surface area contributed by atoms with E-state index >= 15 is 0 Å². The maximum atomic E-state index is 5.79. The Hall–Kier alpha value is -0.870. The number of ether oxygens (including phenoxy) is 1. The predicted octanol–water partition coefficient (Wildman–Crippen LogP) is 1.95. The fraction of sp³-hybridized carbons (Fsp3) is 0.786. The first kappa shape index (κ1) is 13.6. The molecule has 4 nitrogen and oxygen atoms in total. The molecule has 0 amide bonds. The van der Waals surface area contributed by atoms with Crippen molar-refractivity contribution in [2.24, 2.45) is 0 Å². The Kier molecular flexibility index (Phi) is 3.78. The molecule has 1 aromatic rings. The van der Waals surface area contributed by atoms with E-state index in [0.717, 1.165) is 26.2 Å². The van der Waals surface area contributed by atoms with E-state index in [9.17, 15) is 0 Å². The lowest BCUT2D eigenvalue weighted by Crippen LogP contribution is -2.34. The van der Waals surface area contributed by atoms with Crippen LogP contribution in [0.2, 0.25) is 0 Å². The Morgan fingerprint density at radius 1 is 1.56 bits per heavy atom. The second-order valence-corrected chi connectivity index (χ2v) is 6.09. The van der Waals surface area contributed by atoms with Gasteiger partial charge in [-0.1, -0.05) is 6.92 Å². The average molecular weight is 251 g/mol. The molecule has 102 valence electrons. The molecule has 0 aliphatic carbocycles. The zero-order chi connectivity index (χ0) is 13.2. The van der Waals surface area contributed by atoms with Crippen molar-refractivity contribution in [3.05, 3.63) is 18.2 Å². The zero-order valence-electron chi connectivity index (χ0n) is 12.0. The summed E-state index contributed by atoms with van der Waals surface area (Å²) in [7, 11) is 0. The van der Waals surface area contributed by atoms with E-state index in [-0.39, 0.29) is 11.0 Å². The minimum atomic E-state index is -0.146. The Bertz CT molecular complexity index is 391. The maximum Gasteiger partial charge on any atom is 0.0949 e. The van der Waals surface area contributed by atoms with Gasteiger partial charge in [0.15, 0.2) is 0 Å². The van der Waals surface area contributed by atoms with Gasteiger partial charge in [-0.25, -0.2) is 4.98 Å². The van der Waals surface area contributed by atoms with E-state index < -0.39 is 0 Å². The maximum absolute atomic E-state index is 5.79. The van der Waals surface area contributed by atoms with Crippen LogP contribution in [-0.2, 0) is 16.7 Å². The molecule has 0 saturated carbocycles. The molecule has 1 aliphatic rings. The number of nitrogens with zero attached hydrogens (tertiary/aromatic N) is 2. The molecule has 2 rings (SSSR count). The number of imidazole rings is 1. The van der Waals surface area contributed by atoms with Gasteiger partial charge >= 0.3 is 0 Å². The molecule has 1 atom stereocenters. The molecule has 1 saturated heterocycles. The third-order valence-electron chi connectivity index (χ3n) is 3.79. The van der Waals surface area contributed by atoms with Crippen LogP contribution < -0.4 is 5.32 Å². The smallest absolute Gasteiger partial charge is 0.0949 e. The number of rotatable bonds is 5. The van der Waals surface area contributed by atoms with E-state index in [1.54, 1.807) is 0 Å². The van der Waals surface area contributed by atoms with Gasteiger partial charge in [0, 0.05) is 30.5 Å². The van der Waals surface area contributed by atoms with Crippen LogP contribution in [0.5, 0.6) is 0 Å². The molecule has 18 heavy (non-hydrogen) atoms. The van der Waals surface area contributed by atoms with E-state index in [2.05, 4.69) is 35.6 Å². The highest BCUT2D eigenvalue weighted by Crippen LogP contribution is 2.30. The monoisotopic (exact) mass is 251 g/mol. The number of hydrogen-bond donors (Lipinski definition) is 1. The SMILES string of the molecule is CCOC(C)(C)Cn1cncc1C1(C)CCNC1. The summed E-state index contributed by atoms with van der Waals surface area (Å²) in [4.78, 5) is 4.34. The van der Waals surface area contributed by atoms with E-state index in [0.29, 0.717) is 0 Å². The van der Waals surface area contributed by atoms with E-state index in [1.807, 2.05) is 19.4 Å². The van der Waals surface area contributed by atoms with Gasteiger partial charge in [0.1, 0.15) is 0 Å². The standard InChI is InChI=1S/C14H25N3O/c1-5-18-13(2,3)10-17-11-16-8-12(17)14(4)6-7-15-9-14/h8,11,15H,5-7,9-10H2,1-4H3. The largest absolute Gasteiger partial charge is 0.374 e. The van der Waals surface area contributed by atoms with Gasteiger partial charge < -0.3 is 14.6 Å². The molecule has 2 heterocycles. The molecule has 1 aromatic heterocycles. The van der Waals surface area contributed by atoms with Gasteiger partial charge in [-0.3, -0.25) is 0 Å². The first-order chi connectivity index (χ1) is 8.47. The number of nitrogens with one attached hydrogen (secondary N) is 1. The summed E-state index contributed by atoms with van der Waals surface area (Å²) in [5.41, 5.74) is 1.38. The summed E-state index contributed by atoms with van der Waals surface area (Å²) in [6.45, 7) is 12.4. The summed E-state index contributed by atoms with van der Waals surface area (Å²) in [6, 6.07) is 0. The number of hydrogen-bond acceptors (Lipinski definition) is 3. The lowest BCUT2D eigenvalue weighted by molar-refractivity contribution is -0.0232. The van der Waals surface area contributed by atoms with Crippen molar-refractivity contribution < 1.29 is 4.74 Å². The molecule has 0 bridgehead atoms. The van der Waals surface area contributed by atoms with Crippen molar-refractivity contribution >= 4 is 0 Å². The highest BCUT2D eigenvalue weighted by molar-refractivity contribution is 5.17. The van der Waals surface area contributed by atoms with Crippen molar-refractivity contribution in [1.82, 2.24) is 14.9 Å². The summed E-state index contributed by atoms with van der Waals surface area (Å²) >= 11 is 0. The highest BCUT2D eigenvalue weighted by atomic mass is 16.5. The number of aromatic nitrogens is 2. The molecule has 1 N–H and O–H groups in total. The normalized spacial score (nSPS) is 24.7. The van der Waals surface area contributed by atoms with Gasteiger partial charge in [-0.2, -0.15) is 0 Å². The van der Waals surface area contributed by atoms with Crippen LogP contribution >= 0.6 is 0 Å². The molecular weight excluding hydrogens is 226 g/mol. The third kappa shape index (κ3) is 2.75. The minimum absolute atomic E-state index is 0.146. The fourth-order valence-corrected chi connectivity index (χ4v) is 2.83. The Morgan fingerprint density at radius 3 is 2.94 bits per heavy atom. The first-order valence-electron chi connectivity index (χ1n) is 6.82. The van der Waals surface area contributed by atoms with Crippen molar-refractivity contribution in [3.8, 4) is 0 Å². The Balaban J connectivity index is 2.18. The van der Waals surface area contributed by atoms with E-state index in [4.69, 9.17) is 4.74 Å². The molecule has 4 heteroatoms. The van der Waals surface area contributed by atoms with Crippen LogP contribution in [0.25, 0.3) is 0 Å². The Labute approximate surface area is 110 Å². The van der Waals surface area contributed by atoms with Gasteiger partial charge in [-0.05, 0) is 33.7 Å². The van der Waals surface area contributed by atoms with Gasteiger partial charge in [0.05, 0.1) is 18.5 Å². The fourth-order valence-electron chi connectivity index (χ4n) is 2.83. The molecular formula is C14H25N3O. The molecule has 0 radical (unpaired) electrons. The molecule has 0 spiro atoms. The quantitative estimate of drug-likeness (QED) is 0.869. The average Bonchev–Trinajstić information content (AvgIpc) is 2.87. The second kappa shape index (κ2) is 5.02. The molecule has 0 aromatic carbocycles. The van der Waals surface area contributed by atoms with Crippen molar-refractivity contribution in [1.29, 1.82) is 0 Å². The van der Waals surface area contributed by atoms with Crippen LogP contribution in [0.15, 0.2) is 12.5 Å². The molecule has 1 fully saturated rings. The second-order valence-electron chi connectivity index (χ2n) is 6.09. The minimum Gasteiger partial charge on any atom is -0.374 e. The van der Waals surface area contributed by atoms with Crippen molar-refractivity contribution in [2.45, 2.75) is 51.7 Å². The Morgan fingerprint density at radius 2 is 2.33 bits per heavy atom. The van der Waals surface area contributed by atoms with Crippen LogP contribution in [0.3, 0.4) is 0 Å². The topological polar surface area (TPSA) is 39.1 Å². The zero-order valence-corrected chi connectivity index (χ0v) is 12.0. The lowest BCUT2D eigenvalue weighted by atomic mass is 9.86. The van der Waals surface area contributed by atoms with Crippen LogP contribution in [0.1, 0.15) is 39.8 Å². The van der Waals surface area contributed by atoms with Crippen LogP contribution in [0.4, 0.5) is 0 Å². The summed E-state index contributed by atoms with van der Waals surface area (Å²) in [6.07, 6.45) is 5.11. The van der Waals surface area contributed by atoms with Gasteiger partial charge in [0.2, 0.25) is 0 Å². The summed E-state index contributed by atoms with van der Waals surface area (Å²) < 4.78 is 8.04. The molecule has 1 aliphatic heterocycles. The van der Waals surface area contributed by atoms with Crippen LogP contribution in [-0.4, -0.2) is 34.8 Å². The van der Waals surface area contributed by atoms with Crippen molar-refractivity contribution in [3.63, 3.8) is 0 Å². The summed E-state index contributed by atoms with van der Waals surface area (Å²) in [5.74, 6) is 0. The lowest BCUT2D eigenvalue weighted by Gasteiger charge is -2.30. The third-order valence-corrected chi connectivity index (χ3v) is 3.79. The van der Waals surface area contributed by atoms with E-state index in [1.165, 1.54) is 12.1 Å². The summed E-state index contributed by atoms with van der Waals surface area (Å²) in [5, 5.41) is 3.44.